The van der Waals surface area contributed by atoms with Crippen LogP contribution in [-0.4, -0.2) is 46.1 Å². The van der Waals surface area contributed by atoms with Crippen LogP contribution in [0.4, 0.5) is 11.4 Å². The van der Waals surface area contributed by atoms with Gasteiger partial charge in [-0.25, -0.2) is 0 Å². The van der Waals surface area contributed by atoms with Gasteiger partial charge in [0.2, 0.25) is 0 Å². The fourth-order valence-electron chi connectivity index (χ4n) is 11.9. The maximum atomic E-state index is 5.69. The van der Waals surface area contributed by atoms with Crippen molar-refractivity contribution in [3.63, 3.8) is 0 Å². The standard InChI is InChI=1S/C58H92N4P2/c1-41(2)37-45(9)39-47-25-23-26-48(40-53(38-42(3)4)63(49-27-15-11-16-28-49)50-29-17-12-18-30-50)56(47)57-54(61-46(10)59-43(5)6)35-24-36-55(57)62-58(60-44(7)8)64(51-31-19-13-20-32-51)52-33-21-14-22-34-52/h23-26,35-36,39-44,49-52H,11-22,27-34,37-38H2,1-10H3,(H,59,61)(H,60,62)/b45-39+,53-40-. The minimum atomic E-state index is -0.449. The van der Waals surface area contributed by atoms with E-state index in [1.54, 1.807) is 5.31 Å². The summed E-state index contributed by atoms with van der Waals surface area (Å²) in [6.07, 6.45) is 35.6. The van der Waals surface area contributed by atoms with Gasteiger partial charge in [0.15, 0.2) is 0 Å². The van der Waals surface area contributed by atoms with Crippen LogP contribution >= 0.6 is 15.8 Å². The lowest BCUT2D eigenvalue weighted by atomic mass is 9.89. The van der Waals surface area contributed by atoms with E-state index in [0.29, 0.717) is 11.8 Å². The maximum Gasteiger partial charge on any atom is 0.124 e. The average Bonchev–Trinajstić information content (AvgIpc) is 3.25. The van der Waals surface area contributed by atoms with Crippen LogP contribution in [0, 0.1) is 11.8 Å². The fourth-order valence-corrected chi connectivity index (χ4v) is 19.9. The molecule has 4 nitrogen and oxygen atoms in total. The Morgan fingerprint density at radius 2 is 0.938 bits per heavy atom. The third kappa shape index (κ3) is 14.9. The first kappa shape index (κ1) is 51.1. The van der Waals surface area contributed by atoms with Gasteiger partial charge in [0.1, 0.15) is 5.58 Å². The molecule has 4 aliphatic rings. The third-order valence-corrected chi connectivity index (χ3v) is 21.3. The van der Waals surface area contributed by atoms with Gasteiger partial charge >= 0.3 is 0 Å². The largest absolute Gasteiger partial charge is 0.344 e. The van der Waals surface area contributed by atoms with Gasteiger partial charge in [-0.1, -0.05) is 155 Å². The van der Waals surface area contributed by atoms with Crippen LogP contribution < -0.4 is 10.6 Å². The molecular formula is C58H92N4P2. The average molecular weight is 907 g/mol. The Balaban J connectivity index is 1.63. The van der Waals surface area contributed by atoms with Crippen LogP contribution in [0.25, 0.3) is 23.3 Å². The molecular weight excluding hydrogens is 815 g/mol. The van der Waals surface area contributed by atoms with Gasteiger partial charge < -0.3 is 10.6 Å². The molecule has 0 spiro atoms. The van der Waals surface area contributed by atoms with Crippen molar-refractivity contribution >= 4 is 50.8 Å². The molecule has 4 fully saturated rings. The molecule has 0 bridgehead atoms. The van der Waals surface area contributed by atoms with Crippen LogP contribution in [0.15, 0.2) is 57.3 Å². The summed E-state index contributed by atoms with van der Waals surface area (Å²) in [4.78, 5) is 10.8. The number of aliphatic imine (C=N–C) groups is 2. The van der Waals surface area contributed by atoms with Gasteiger partial charge in [-0.3, -0.25) is 9.98 Å². The number of rotatable bonds is 17. The minimum absolute atomic E-state index is 0.210. The first-order chi connectivity index (χ1) is 30.9. The Morgan fingerprint density at radius 1 is 0.516 bits per heavy atom. The summed E-state index contributed by atoms with van der Waals surface area (Å²) in [5.41, 5.74) is 13.7. The molecule has 0 amide bonds. The Bertz CT molecular complexity index is 1830. The Kier molecular flexibility index (Phi) is 20.6. The number of anilines is 2. The van der Waals surface area contributed by atoms with Crippen LogP contribution in [0.1, 0.15) is 222 Å². The second-order valence-electron chi connectivity index (χ2n) is 21.9. The highest BCUT2D eigenvalue weighted by molar-refractivity contribution is 7.76. The van der Waals surface area contributed by atoms with E-state index in [-0.39, 0.29) is 20.0 Å². The summed E-state index contributed by atoms with van der Waals surface area (Å²) in [5, 5.41) is 10.1. The van der Waals surface area contributed by atoms with Crippen LogP contribution in [0.3, 0.4) is 0 Å². The normalized spacial score (nSPS) is 20.2. The SMILES string of the molecule is CC(=NC(C)C)Nc1cccc(NC(=NC(C)C)P(C2CCCCC2)C2CCCCC2)c1-c1c(/C=C(/CC(C)C)P(C2CCCCC2)C2CCCCC2)cccc1/C=C(\C)CC(C)C. The second-order valence-corrected chi connectivity index (χ2v) is 27.5. The van der Waals surface area contributed by atoms with Crippen LogP contribution in [-0.2, 0) is 0 Å². The number of benzene rings is 2. The van der Waals surface area contributed by atoms with Crippen LogP contribution in [0.5, 0.6) is 0 Å². The molecule has 0 saturated heterocycles. The molecule has 0 atom stereocenters. The summed E-state index contributed by atoms with van der Waals surface area (Å²) in [6, 6.07) is 14.7. The predicted molar refractivity (Wildman–Crippen MR) is 292 cm³/mol. The number of hydrogen-bond donors (Lipinski definition) is 2. The summed E-state index contributed by atoms with van der Waals surface area (Å²) >= 11 is 0. The number of hydrogen-bond acceptors (Lipinski definition) is 2. The number of nitrogens with one attached hydrogen (secondary N) is 2. The number of allylic oxidation sites excluding steroid dienone is 2. The zero-order chi connectivity index (χ0) is 45.6. The quantitative estimate of drug-likeness (QED) is 0.0944. The lowest BCUT2D eigenvalue weighted by molar-refractivity contribution is 0.485. The molecule has 0 aromatic heterocycles. The maximum absolute atomic E-state index is 5.69. The van der Waals surface area contributed by atoms with Gasteiger partial charge in [0.05, 0.1) is 5.84 Å². The van der Waals surface area contributed by atoms with Crippen molar-refractivity contribution in [1.29, 1.82) is 0 Å². The lowest BCUT2D eigenvalue weighted by Crippen LogP contribution is -2.28. The van der Waals surface area contributed by atoms with E-state index >= 15 is 0 Å². The fraction of sp³-hybridized carbons (Fsp3) is 0.690. The Hall–Kier alpha value is -2.28. The van der Waals surface area contributed by atoms with E-state index in [1.165, 1.54) is 174 Å². The topological polar surface area (TPSA) is 48.8 Å². The van der Waals surface area contributed by atoms with E-state index in [9.17, 15) is 0 Å². The molecule has 2 aromatic carbocycles. The zero-order valence-electron chi connectivity index (χ0n) is 42.6. The van der Waals surface area contributed by atoms with Crippen LogP contribution in [0.2, 0.25) is 0 Å². The van der Waals surface area contributed by atoms with E-state index in [2.05, 4.69) is 128 Å². The minimum Gasteiger partial charge on any atom is -0.344 e. The summed E-state index contributed by atoms with van der Waals surface area (Å²) < 4.78 is 0. The first-order valence-electron chi connectivity index (χ1n) is 26.7. The van der Waals surface area contributed by atoms with E-state index < -0.39 is 7.92 Å². The van der Waals surface area contributed by atoms with Crippen molar-refractivity contribution in [3.8, 4) is 11.1 Å². The summed E-state index contributed by atoms with van der Waals surface area (Å²) in [6.45, 7) is 23.2. The van der Waals surface area contributed by atoms with Crippen molar-refractivity contribution in [1.82, 2.24) is 0 Å². The van der Waals surface area contributed by atoms with Gasteiger partial charge in [-0.2, -0.15) is 0 Å². The van der Waals surface area contributed by atoms with Gasteiger partial charge in [0, 0.05) is 34.6 Å². The number of amidine groups is 2. The molecule has 0 radical (unpaired) electrons. The highest BCUT2D eigenvalue weighted by Gasteiger charge is 2.37. The molecule has 0 aliphatic heterocycles. The second kappa shape index (κ2) is 25.7. The third-order valence-electron chi connectivity index (χ3n) is 14.4. The predicted octanol–water partition coefficient (Wildman–Crippen LogP) is 18.9. The van der Waals surface area contributed by atoms with Gasteiger partial charge in [-0.15, -0.1) is 0 Å². The highest BCUT2D eigenvalue weighted by Crippen LogP contribution is 2.63. The van der Waals surface area contributed by atoms with Crippen molar-refractivity contribution in [2.45, 2.75) is 245 Å². The Morgan fingerprint density at radius 3 is 1.39 bits per heavy atom. The van der Waals surface area contributed by atoms with Gasteiger partial charge in [-0.05, 0) is 177 Å². The zero-order valence-corrected chi connectivity index (χ0v) is 44.4. The molecule has 4 aliphatic carbocycles. The molecule has 64 heavy (non-hydrogen) atoms. The lowest BCUT2D eigenvalue weighted by Gasteiger charge is -2.40. The monoisotopic (exact) mass is 907 g/mol. The van der Waals surface area contributed by atoms with Gasteiger partial charge in [0.25, 0.3) is 0 Å². The Labute approximate surface area is 396 Å². The molecule has 6 heteroatoms. The van der Waals surface area contributed by atoms with E-state index in [0.717, 1.165) is 40.6 Å². The smallest absolute Gasteiger partial charge is 0.124 e. The van der Waals surface area contributed by atoms with E-state index in [4.69, 9.17) is 9.98 Å². The summed E-state index contributed by atoms with van der Waals surface area (Å²) in [5.74, 6) is 2.19. The molecule has 2 N–H and O–H groups in total. The van der Waals surface area contributed by atoms with E-state index in [1.807, 2.05) is 0 Å². The first-order valence-corrected chi connectivity index (χ1v) is 29.7. The molecule has 0 heterocycles. The van der Waals surface area contributed by atoms with Crippen molar-refractivity contribution < 1.29 is 0 Å². The van der Waals surface area contributed by atoms with Crippen molar-refractivity contribution in [2.75, 3.05) is 10.6 Å². The molecule has 0 unspecified atom stereocenters. The molecule has 6 rings (SSSR count). The summed E-state index contributed by atoms with van der Waals surface area (Å²) in [7, 11) is -0.694. The van der Waals surface area contributed by atoms with Crippen molar-refractivity contribution in [3.05, 3.63) is 58.4 Å². The molecule has 4 saturated carbocycles. The number of nitrogens with zero attached hydrogens (tertiary/aromatic N) is 2. The molecule has 354 valence electrons. The molecule has 2 aromatic rings. The highest BCUT2D eigenvalue weighted by atomic mass is 31.1. The van der Waals surface area contributed by atoms with Crippen molar-refractivity contribution in [2.24, 2.45) is 21.8 Å².